The fourth-order valence-electron chi connectivity index (χ4n) is 2.55. The maximum atomic E-state index is 12.2. The molecule has 23 heavy (non-hydrogen) atoms. The van der Waals surface area contributed by atoms with Crippen molar-refractivity contribution < 1.29 is 14.3 Å². The molecule has 5 nitrogen and oxygen atoms in total. The van der Waals surface area contributed by atoms with E-state index in [0.29, 0.717) is 13.2 Å². The van der Waals surface area contributed by atoms with E-state index in [-0.39, 0.29) is 12.5 Å². The van der Waals surface area contributed by atoms with Gasteiger partial charge in [0.25, 0.3) is 0 Å². The number of ether oxygens (including phenoxy) is 2. The maximum Gasteiger partial charge on any atom is 0.246 e. The van der Waals surface area contributed by atoms with Gasteiger partial charge in [0.1, 0.15) is 18.1 Å². The molecule has 0 aliphatic carbocycles. The fraction of sp³-hybridized carbons (Fsp3) is 0.278. The molecule has 0 spiro atoms. The molecule has 0 fully saturated rings. The predicted molar refractivity (Wildman–Crippen MR) is 90.5 cm³/mol. The number of nitrogens with zero attached hydrogens (tertiary/aromatic N) is 1. The van der Waals surface area contributed by atoms with Crippen LogP contribution in [-0.2, 0) is 4.79 Å². The van der Waals surface area contributed by atoms with Gasteiger partial charge in [-0.2, -0.15) is 0 Å². The molecule has 0 bridgehead atoms. The highest BCUT2D eigenvalue weighted by Crippen LogP contribution is 2.32. The number of rotatable bonds is 5. The van der Waals surface area contributed by atoms with E-state index in [1.54, 1.807) is 12.0 Å². The largest absolute Gasteiger partial charge is 0.497 e. The zero-order valence-corrected chi connectivity index (χ0v) is 13.3. The maximum absolute atomic E-state index is 12.2. The molecule has 1 N–H and O–H groups in total. The summed E-state index contributed by atoms with van der Waals surface area (Å²) in [5, 5.41) is 3.12. The Hall–Kier alpha value is -2.69. The second kappa shape index (κ2) is 6.60. The van der Waals surface area contributed by atoms with Gasteiger partial charge in [-0.25, -0.2) is 0 Å². The number of hydrogen-bond donors (Lipinski definition) is 1. The quantitative estimate of drug-likeness (QED) is 0.922. The van der Waals surface area contributed by atoms with Crippen LogP contribution in [0, 0.1) is 6.92 Å². The van der Waals surface area contributed by atoms with Crippen molar-refractivity contribution in [3.8, 4) is 11.5 Å². The normalized spacial score (nSPS) is 13.3. The average Bonchev–Trinajstić information content (AvgIpc) is 2.58. The molecule has 1 aliphatic heterocycles. The van der Waals surface area contributed by atoms with E-state index in [2.05, 4.69) is 5.32 Å². The number of amides is 1. The van der Waals surface area contributed by atoms with Crippen LogP contribution in [-0.4, -0.2) is 32.7 Å². The summed E-state index contributed by atoms with van der Waals surface area (Å²) in [7, 11) is 1.63. The highest BCUT2D eigenvalue weighted by molar-refractivity contribution is 6.02. The van der Waals surface area contributed by atoms with Gasteiger partial charge in [0.05, 0.1) is 31.6 Å². The van der Waals surface area contributed by atoms with Crippen LogP contribution in [0.4, 0.5) is 11.4 Å². The lowest BCUT2D eigenvalue weighted by Crippen LogP contribution is -2.42. The van der Waals surface area contributed by atoms with E-state index < -0.39 is 0 Å². The summed E-state index contributed by atoms with van der Waals surface area (Å²) >= 11 is 0. The Morgan fingerprint density at radius 2 is 1.87 bits per heavy atom. The highest BCUT2D eigenvalue weighted by atomic mass is 16.5. The molecular formula is C18H20N2O3. The van der Waals surface area contributed by atoms with E-state index in [4.69, 9.17) is 9.47 Å². The van der Waals surface area contributed by atoms with Gasteiger partial charge >= 0.3 is 0 Å². The van der Waals surface area contributed by atoms with Crippen LogP contribution in [0.1, 0.15) is 5.56 Å². The van der Waals surface area contributed by atoms with Gasteiger partial charge in [-0.1, -0.05) is 17.7 Å². The predicted octanol–water partition coefficient (Wildman–Crippen LogP) is 2.84. The number of nitrogens with one attached hydrogen (secondary N) is 1. The Bertz CT molecular complexity index is 698. The average molecular weight is 312 g/mol. The van der Waals surface area contributed by atoms with Gasteiger partial charge in [0.2, 0.25) is 5.91 Å². The van der Waals surface area contributed by atoms with Crippen molar-refractivity contribution in [2.75, 3.05) is 37.0 Å². The van der Waals surface area contributed by atoms with E-state index in [1.807, 2.05) is 49.4 Å². The lowest BCUT2D eigenvalue weighted by Gasteiger charge is -2.30. The van der Waals surface area contributed by atoms with Gasteiger partial charge in [-0.05, 0) is 31.2 Å². The fourth-order valence-corrected chi connectivity index (χ4v) is 2.55. The SMILES string of the molecule is COc1ccc2c(c1)NCC(=O)N2CCOc1ccc(C)cc1. The summed E-state index contributed by atoms with van der Waals surface area (Å²) in [6.07, 6.45) is 0. The lowest BCUT2D eigenvalue weighted by molar-refractivity contribution is -0.117. The topological polar surface area (TPSA) is 50.8 Å². The number of fused-ring (bicyclic) bond motifs is 1. The van der Waals surface area contributed by atoms with Crippen molar-refractivity contribution in [2.45, 2.75) is 6.92 Å². The second-order valence-electron chi connectivity index (χ2n) is 5.44. The first-order chi connectivity index (χ1) is 11.2. The van der Waals surface area contributed by atoms with E-state index in [0.717, 1.165) is 22.9 Å². The van der Waals surface area contributed by atoms with Crippen LogP contribution in [0.15, 0.2) is 42.5 Å². The first-order valence-corrected chi connectivity index (χ1v) is 7.59. The Labute approximate surface area is 135 Å². The summed E-state index contributed by atoms with van der Waals surface area (Å²) in [4.78, 5) is 13.9. The summed E-state index contributed by atoms with van der Waals surface area (Å²) < 4.78 is 11.0. The molecule has 0 radical (unpaired) electrons. The Morgan fingerprint density at radius 1 is 1.13 bits per heavy atom. The summed E-state index contributed by atoms with van der Waals surface area (Å²) in [5.74, 6) is 1.62. The molecule has 0 saturated heterocycles. The third-order valence-electron chi connectivity index (χ3n) is 3.83. The van der Waals surface area contributed by atoms with E-state index >= 15 is 0 Å². The number of anilines is 2. The minimum absolute atomic E-state index is 0.0372. The molecule has 0 unspecified atom stereocenters. The molecule has 1 amide bonds. The smallest absolute Gasteiger partial charge is 0.246 e. The molecule has 1 aliphatic rings. The summed E-state index contributed by atoms with van der Waals surface area (Å²) in [5.41, 5.74) is 2.95. The first-order valence-electron chi connectivity index (χ1n) is 7.59. The van der Waals surface area contributed by atoms with Crippen molar-refractivity contribution in [3.63, 3.8) is 0 Å². The Balaban J connectivity index is 1.68. The standard InChI is InChI=1S/C18H20N2O3/c1-13-3-5-14(6-4-13)23-10-9-20-17-8-7-15(22-2)11-16(17)19-12-18(20)21/h3-8,11,19H,9-10,12H2,1-2H3. The highest BCUT2D eigenvalue weighted by Gasteiger charge is 2.24. The molecule has 2 aromatic rings. The third kappa shape index (κ3) is 3.39. The van der Waals surface area contributed by atoms with Gasteiger partial charge < -0.3 is 19.7 Å². The summed E-state index contributed by atoms with van der Waals surface area (Å²) in [6, 6.07) is 13.5. The molecule has 0 saturated carbocycles. The monoisotopic (exact) mass is 312 g/mol. The van der Waals surface area contributed by atoms with Crippen LogP contribution in [0.3, 0.4) is 0 Å². The van der Waals surface area contributed by atoms with Gasteiger partial charge in [0, 0.05) is 6.07 Å². The van der Waals surface area contributed by atoms with Gasteiger partial charge in [-0.15, -0.1) is 0 Å². The minimum Gasteiger partial charge on any atom is -0.497 e. The zero-order chi connectivity index (χ0) is 16.2. The Kier molecular flexibility index (Phi) is 4.37. The number of methoxy groups -OCH3 is 1. The van der Waals surface area contributed by atoms with Crippen molar-refractivity contribution in [1.29, 1.82) is 0 Å². The molecule has 2 aromatic carbocycles. The van der Waals surface area contributed by atoms with Crippen molar-refractivity contribution in [1.82, 2.24) is 0 Å². The number of benzene rings is 2. The first kappa shape index (κ1) is 15.2. The van der Waals surface area contributed by atoms with E-state index in [1.165, 1.54) is 5.56 Å². The lowest BCUT2D eigenvalue weighted by atomic mass is 10.2. The number of carbonyl (C=O) groups excluding carboxylic acids is 1. The van der Waals surface area contributed by atoms with Crippen molar-refractivity contribution >= 4 is 17.3 Å². The van der Waals surface area contributed by atoms with Crippen molar-refractivity contribution in [3.05, 3.63) is 48.0 Å². The van der Waals surface area contributed by atoms with Crippen LogP contribution in [0.5, 0.6) is 11.5 Å². The number of aryl methyl sites for hydroxylation is 1. The minimum atomic E-state index is 0.0372. The number of carbonyl (C=O) groups is 1. The zero-order valence-electron chi connectivity index (χ0n) is 13.3. The summed E-state index contributed by atoms with van der Waals surface area (Å²) in [6.45, 7) is 3.27. The molecule has 1 heterocycles. The molecule has 0 atom stereocenters. The molecule has 120 valence electrons. The molecule has 0 aromatic heterocycles. The second-order valence-corrected chi connectivity index (χ2v) is 5.44. The third-order valence-corrected chi connectivity index (χ3v) is 3.83. The number of hydrogen-bond acceptors (Lipinski definition) is 4. The molecular weight excluding hydrogens is 292 g/mol. The Morgan fingerprint density at radius 3 is 2.61 bits per heavy atom. The van der Waals surface area contributed by atoms with Crippen LogP contribution < -0.4 is 19.7 Å². The van der Waals surface area contributed by atoms with Gasteiger partial charge in [-0.3, -0.25) is 4.79 Å². The van der Waals surface area contributed by atoms with Crippen LogP contribution in [0.25, 0.3) is 0 Å². The van der Waals surface area contributed by atoms with Crippen LogP contribution >= 0.6 is 0 Å². The van der Waals surface area contributed by atoms with E-state index in [9.17, 15) is 4.79 Å². The van der Waals surface area contributed by atoms with Crippen molar-refractivity contribution in [2.24, 2.45) is 0 Å². The van der Waals surface area contributed by atoms with Gasteiger partial charge in [0.15, 0.2) is 0 Å². The molecule has 3 rings (SSSR count). The van der Waals surface area contributed by atoms with Crippen LogP contribution in [0.2, 0.25) is 0 Å². The molecule has 5 heteroatoms.